The van der Waals surface area contributed by atoms with Crippen LogP contribution in [0.1, 0.15) is 5.56 Å². The predicted octanol–water partition coefficient (Wildman–Crippen LogP) is 1.86. The Kier molecular flexibility index (Phi) is 5.34. The molecular weight excluding hydrogens is 373 g/mol. The van der Waals surface area contributed by atoms with Gasteiger partial charge in [0, 0.05) is 0 Å². The van der Waals surface area contributed by atoms with Crippen LogP contribution in [0.4, 0.5) is 18.9 Å². The predicted molar refractivity (Wildman–Crippen MR) is 81.3 cm³/mol. The molecule has 0 saturated carbocycles. The number of hydrogen-bond acceptors (Lipinski definition) is 5. The maximum atomic E-state index is 12.6. The van der Waals surface area contributed by atoms with E-state index in [1.165, 1.54) is 0 Å². The van der Waals surface area contributed by atoms with E-state index >= 15 is 0 Å². The summed E-state index contributed by atoms with van der Waals surface area (Å²) in [6.07, 6.45) is -4.58. The third-order valence-electron chi connectivity index (χ3n) is 2.59. The van der Waals surface area contributed by atoms with E-state index in [0.29, 0.717) is 17.8 Å². The van der Waals surface area contributed by atoms with Crippen LogP contribution < -0.4 is 16.6 Å². The fourth-order valence-corrected chi connectivity index (χ4v) is 2.35. The minimum absolute atomic E-state index is 0.0682. The van der Waals surface area contributed by atoms with Gasteiger partial charge in [-0.15, -0.1) is 0 Å². The molecule has 0 radical (unpaired) electrons. The Morgan fingerprint density at radius 1 is 1.33 bits per heavy atom. The highest BCUT2D eigenvalue weighted by atomic mass is 35.5. The van der Waals surface area contributed by atoms with Crippen LogP contribution in [0.3, 0.4) is 0 Å². The van der Waals surface area contributed by atoms with Crippen LogP contribution in [-0.4, -0.2) is 26.8 Å². The van der Waals surface area contributed by atoms with Gasteiger partial charge in [0.2, 0.25) is 5.91 Å². The van der Waals surface area contributed by atoms with Gasteiger partial charge in [-0.3, -0.25) is 14.6 Å². The molecule has 0 spiro atoms. The van der Waals surface area contributed by atoms with Crippen LogP contribution in [0.25, 0.3) is 0 Å². The van der Waals surface area contributed by atoms with Crippen LogP contribution in [0.15, 0.2) is 32.8 Å². The number of thioether (sulfide) groups is 1. The topological polar surface area (TPSA) is 108 Å². The third kappa shape index (κ3) is 4.61. The number of nitrogens with zero attached hydrogens (tertiary/aromatic N) is 1. The number of amides is 1. The Balaban J connectivity index is 2.07. The average molecular weight is 381 g/mol. The van der Waals surface area contributed by atoms with E-state index in [9.17, 15) is 27.6 Å². The molecule has 2 rings (SSSR count). The van der Waals surface area contributed by atoms with Gasteiger partial charge < -0.3 is 5.32 Å². The summed E-state index contributed by atoms with van der Waals surface area (Å²) in [5.74, 6) is -1.03. The molecule has 1 aromatic heterocycles. The number of alkyl halides is 3. The van der Waals surface area contributed by atoms with E-state index in [4.69, 9.17) is 11.6 Å². The molecule has 0 aliphatic heterocycles. The number of carbonyl (C=O) groups excluding carboxylic acids is 1. The smallest absolute Gasteiger partial charge is 0.324 e. The molecule has 0 bridgehead atoms. The average Bonchev–Trinajstić information content (AvgIpc) is 2.47. The number of aromatic amines is 2. The Morgan fingerprint density at radius 3 is 2.67 bits per heavy atom. The minimum atomic E-state index is -4.58. The third-order valence-corrected chi connectivity index (χ3v) is 3.87. The number of H-pyrrole nitrogens is 2. The van der Waals surface area contributed by atoms with Crippen LogP contribution in [0.2, 0.25) is 5.02 Å². The van der Waals surface area contributed by atoms with Crippen molar-refractivity contribution in [1.29, 1.82) is 0 Å². The highest BCUT2D eigenvalue weighted by Gasteiger charge is 2.31. The van der Waals surface area contributed by atoms with E-state index in [1.807, 2.05) is 10.1 Å². The normalized spacial score (nSPS) is 11.3. The minimum Gasteiger partial charge on any atom is -0.324 e. The summed E-state index contributed by atoms with van der Waals surface area (Å²) >= 11 is 6.45. The lowest BCUT2D eigenvalue weighted by Crippen LogP contribution is -2.25. The van der Waals surface area contributed by atoms with Crippen LogP contribution >= 0.6 is 23.4 Å². The van der Waals surface area contributed by atoms with Gasteiger partial charge in [-0.05, 0) is 18.2 Å². The number of hydrogen-bond donors (Lipinski definition) is 3. The van der Waals surface area contributed by atoms with Crippen molar-refractivity contribution in [3.05, 3.63) is 49.6 Å². The lowest BCUT2D eigenvalue weighted by atomic mass is 10.2. The second-order valence-electron chi connectivity index (χ2n) is 4.34. The van der Waals surface area contributed by atoms with E-state index < -0.39 is 28.9 Å². The molecule has 2 aromatic rings. The van der Waals surface area contributed by atoms with E-state index in [1.54, 1.807) is 0 Å². The number of benzene rings is 1. The van der Waals surface area contributed by atoms with Crippen LogP contribution in [-0.2, 0) is 11.0 Å². The van der Waals surface area contributed by atoms with Crippen molar-refractivity contribution in [3.63, 3.8) is 0 Å². The summed E-state index contributed by atoms with van der Waals surface area (Å²) in [6, 6.07) is 2.51. The SMILES string of the molecule is O=C(CSc1n[nH]c(=O)[nH]c1=O)Nc1cc(C(F)(F)F)ccc1Cl. The lowest BCUT2D eigenvalue weighted by molar-refractivity contribution is -0.137. The molecule has 12 heteroatoms. The molecule has 0 aliphatic carbocycles. The molecule has 0 saturated heterocycles. The lowest BCUT2D eigenvalue weighted by Gasteiger charge is -2.11. The largest absolute Gasteiger partial charge is 0.416 e. The van der Waals surface area contributed by atoms with Crippen molar-refractivity contribution < 1.29 is 18.0 Å². The van der Waals surface area contributed by atoms with E-state index in [2.05, 4.69) is 10.4 Å². The number of anilines is 1. The van der Waals surface area contributed by atoms with Crippen molar-refractivity contribution in [2.45, 2.75) is 11.2 Å². The molecule has 7 nitrogen and oxygen atoms in total. The van der Waals surface area contributed by atoms with Crippen molar-refractivity contribution in [1.82, 2.24) is 15.2 Å². The first-order valence-electron chi connectivity index (χ1n) is 6.15. The molecular formula is C12H8ClF3N4O3S. The zero-order valence-corrected chi connectivity index (χ0v) is 13.1. The maximum absolute atomic E-state index is 12.6. The van der Waals surface area contributed by atoms with Gasteiger partial charge in [0.25, 0.3) is 5.56 Å². The van der Waals surface area contributed by atoms with Gasteiger partial charge in [-0.25, -0.2) is 9.89 Å². The molecule has 1 amide bonds. The van der Waals surface area contributed by atoms with E-state index in [-0.39, 0.29) is 21.5 Å². The summed E-state index contributed by atoms with van der Waals surface area (Å²) < 4.78 is 37.9. The second-order valence-corrected chi connectivity index (χ2v) is 5.71. The molecule has 0 unspecified atom stereocenters. The fraction of sp³-hybridized carbons (Fsp3) is 0.167. The van der Waals surface area contributed by atoms with Crippen molar-refractivity contribution in [2.24, 2.45) is 0 Å². The summed E-state index contributed by atoms with van der Waals surface area (Å²) in [5.41, 5.74) is -2.76. The summed E-state index contributed by atoms with van der Waals surface area (Å²) in [5, 5.41) is 7.42. The number of halogens is 4. The fourth-order valence-electron chi connectivity index (χ4n) is 1.55. The zero-order valence-electron chi connectivity index (χ0n) is 11.5. The molecule has 24 heavy (non-hydrogen) atoms. The molecule has 1 aromatic carbocycles. The molecule has 0 atom stereocenters. The highest BCUT2D eigenvalue weighted by Crippen LogP contribution is 2.33. The van der Waals surface area contributed by atoms with Gasteiger partial charge in [-0.1, -0.05) is 23.4 Å². The van der Waals surface area contributed by atoms with Crippen molar-refractivity contribution in [2.75, 3.05) is 11.1 Å². The van der Waals surface area contributed by atoms with Gasteiger partial charge in [0.05, 0.1) is 22.0 Å². The zero-order chi connectivity index (χ0) is 17.9. The Morgan fingerprint density at radius 2 is 2.04 bits per heavy atom. The number of nitrogens with one attached hydrogen (secondary N) is 3. The molecule has 3 N–H and O–H groups in total. The highest BCUT2D eigenvalue weighted by molar-refractivity contribution is 7.99. The standard InChI is InChI=1S/C12H8ClF3N4O3S/c13-6-2-1-5(12(14,15)16)3-7(6)17-8(21)4-24-10-9(22)18-11(23)20-19-10/h1-3H,4H2,(H,17,21)(H2,18,20,22,23). The summed E-state index contributed by atoms with van der Waals surface area (Å²) in [7, 11) is 0. The first-order valence-corrected chi connectivity index (χ1v) is 7.51. The van der Waals surface area contributed by atoms with Gasteiger partial charge in [0.15, 0.2) is 5.03 Å². The second kappa shape index (κ2) is 7.09. The van der Waals surface area contributed by atoms with Gasteiger partial charge in [0.1, 0.15) is 0 Å². The van der Waals surface area contributed by atoms with Gasteiger partial charge >= 0.3 is 11.9 Å². The van der Waals surface area contributed by atoms with Crippen molar-refractivity contribution >= 4 is 35.0 Å². The first kappa shape index (κ1) is 18.1. The van der Waals surface area contributed by atoms with E-state index in [0.717, 1.165) is 12.1 Å². The first-order chi connectivity index (χ1) is 11.2. The Labute approximate surface area is 140 Å². The molecule has 0 fully saturated rings. The summed E-state index contributed by atoms with van der Waals surface area (Å²) in [4.78, 5) is 35.9. The Bertz CT molecular complexity index is 881. The Hall–Kier alpha value is -2.27. The van der Waals surface area contributed by atoms with Crippen molar-refractivity contribution in [3.8, 4) is 0 Å². The monoisotopic (exact) mass is 380 g/mol. The number of rotatable bonds is 4. The molecule has 128 valence electrons. The number of aromatic nitrogens is 3. The van der Waals surface area contributed by atoms with Gasteiger partial charge in [-0.2, -0.15) is 18.3 Å². The van der Waals surface area contributed by atoms with Crippen LogP contribution in [0.5, 0.6) is 0 Å². The van der Waals surface area contributed by atoms with Crippen LogP contribution in [0, 0.1) is 0 Å². The number of carbonyl (C=O) groups is 1. The maximum Gasteiger partial charge on any atom is 0.416 e. The quantitative estimate of drug-likeness (QED) is 0.702. The molecule has 1 heterocycles. The summed E-state index contributed by atoms with van der Waals surface area (Å²) in [6.45, 7) is 0. The molecule has 0 aliphatic rings.